The molecule has 1 aromatic heterocycles. The number of hydrogen-bond acceptors (Lipinski definition) is 4. The smallest absolute Gasteiger partial charge is 0.128 e. The summed E-state index contributed by atoms with van der Waals surface area (Å²) in [7, 11) is 4.31. The second-order valence-electron chi connectivity index (χ2n) is 5.79. The van der Waals surface area contributed by atoms with Crippen LogP contribution in [0, 0.1) is 0 Å². The minimum Gasteiger partial charge on any atom is -0.360 e. The zero-order chi connectivity index (χ0) is 14.4. The number of pyridine rings is 1. The van der Waals surface area contributed by atoms with E-state index in [1.165, 1.54) is 31.4 Å². The van der Waals surface area contributed by atoms with Crippen LogP contribution in [0.3, 0.4) is 0 Å². The fourth-order valence-electron chi connectivity index (χ4n) is 2.76. The molecule has 1 unspecified atom stereocenters. The van der Waals surface area contributed by atoms with Gasteiger partial charge < -0.3 is 10.2 Å². The highest BCUT2D eigenvalue weighted by molar-refractivity contribution is 5.85. The second kappa shape index (κ2) is 9.23. The molecule has 1 atom stereocenters. The van der Waals surface area contributed by atoms with Crippen molar-refractivity contribution in [1.29, 1.82) is 0 Å². The van der Waals surface area contributed by atoms with Gasteiger partial charge in [0.05, 0.1) is 0 Å². The van der Waals surface area contributed by atoms with Crippen molar-refractivity contribution < 1.29 is 0 Å². The van der Waals surface area contributed by atoms with Crippen molar-refractivity contribution in [3.63, 3.8) is 0 Å². The van der Waals surface area contributed by atoms with Crippen LogP contribution in [0.1, 0.15) is 31.7 Å². The maximum Gasteiger partial charge on any atom is 0.128 e. The lowest BCUT2D eigenvalue weighted by molar-refractivity contribution is 0.216. The van der Waals surface area contributed by atoms with Crippen molar-refractivity contribution in [2.45, 2.75) is 38.8 Å². The van der Waals surface area contributed by atoms with Crippen LogP contribution in [0.15, 0.2) is 18.3 Å². The van der Waals surface area contributed by atoms with Crippen LogP contribution >= 0.6 is 12.4 Å². The SMILES string of the molecule is CCN(C)c1ccc(CN(C)C2CCCNCC2)cn1.Cl. The van der Waals surface area contributed by atoms with E-state index in [0.717, 1.165) is 25.5 Å². The normalized spacial score (nSPS) is 19.0. The predicted molar refractivity (Wildman–Crippen MR) is 92.4 cm³/mol. The summed E-state index contributed by atoms with van der Waals surface area (Å²) in [5, 5.41) is 3.48. The van der Waals surface area contributed by atoms with Crippen molar-refractivity contribution in [2.75, 3.05) is 38.6 Å². The van der Waals surface area contributed by atoms with Gasteiger partial charge in [0.1, 0.15) is 5.82 Å². The van der Waals surface area contributed by atoms with Gasteiger partial charge in [-0.05, 0) is 58.0 Å². The lowest BCUT2D eigenvalue weighted by atomic mass is 10.1. The average molecular weight is 313 g/mol. The Morgan fingerprint density at radius 2 is 2.05 bits per heavy atom. The van der Waals surface area contributed by atoms with Gasteiger partial charge in [-0.25, -0.2) is 4.98 Å². The van der Waals surface area contributed by atoms with Crippen LogP contribution in [0.2, 0.25) is 0 Å². The summed E-state index contributed by atoms with van der Waals surface area (Å²) in [6.45, 7) is 6.44. The number of aromatic nitrogens is 1. The molecule has 1 aliphatic heterocycles. The number of halogens is 1. The quantitative estimate of drug-likeness (QED) is 0.905. The number of anilines is 1. The fourth-order valence-corrected chi connectivity index (χ4v) is 2.76. The zero-order valence-electron chi connectivity index (χ0n) is 13.5. The van der Waals surface area contributed by atoms with Gasteiger partial charge in [-0.1, -0.05) is 6.07 Å². The van der Waals surface area contributed by atoms with Gasteiger partial charge in [0.15, 0.2) is 0 Å². The lowest BCUT2D eigenvalue weighted by Crippen LogP contribution is -2.32. The fraction of sp³-hybridized carbons (Fsp3) is 0.688. The molecule has 0 spiro atoms. The van der Waals surface area contributed by atoms with Crippen LogP contribution in [0.4, 0.5) is 5.82 Å². The molecule has 0 amide bonds. The standard InChI is InChI=1S/C16H28N4.ClH/c1-4-19(2)16-8-7-14(12-18-16)13-20(3)15-6-5-10-17-11-9-15;/h7-8,12,15,17H,4-6,9-11,13H2,1-3H3;1H. The first-order valence-electron chi connectivity index (χ1n) is 7.77. The first-order chi connectivity index (χ1) is 9.70. The van der Waals surface area contributed by atoms with E-state index in [0.29, 0.717) is 6.04 Å². The Morgan fingerprint density at radius 3 is 2.71 bits per heavy atom. The minimum absolute atomic E-state index is 0. The van der Waals surface area contributed by atoms with Crippen molar-refractivity contribution in [3.8, 4) is 0 Å². The minimum atomic E-state index is 0. The van der Waals surface area contributed by atoms with E-state index in [1.54, 1.807) is 0 Å². The Balaban J connectivity index is 0.00000220. The van der Waals surface area contributed by atoms with E-state index in [2.05, 4.69) is 53.3 Å². The summed E-state index contributed by atoms with van der Waals surface area (Å²) < 4.78 is 0. The molecule has 0 saturated carbocycles. The summed E-state index contributed by atoms with van der Waals surface area (Å²) in [6, 6.07) is 5.03. The molecule has 0 aliphatic carbocycles. The van der Waals surface area contributed by atoms with Gasteiger partial charge in [0, 0.05) is 32.4 Å². The molecule has 4 nitrogen and oxygen atoms in total. The van der Waals surface area contributed by atoms with E-state index in [1.807, 2.05) is 6.20 Å². The van der Waals surface area contributed by atoms with Crippen LogP contribution < -0.4 is 10.2 Å². The molecule has 0 aromatic carbocycles. The van der Waals surface area contributed by atoms with Crippen molar-refractivity contribution in [2.24, 2.45) is 0 Å². The maximum absolute atomic E-state index is 4.55. The topological polar surface area (TPSA) is 31.4 Å². The number of rotatable bonds is 5. The Morgan fingerprint density at radius 1 is 1.24 bits per heavy atom. The predicted octanol–water partition coefficient (Wildman–Crippen LogP) is 2.53. The summed E-state index contributed by atoms with van der Waals surface area (Å²) in [5.74, 6) is 1.05. The number of nitrogens with zero attached hydrogens (tertiary/aromatic N) is 3. The zero-order valence-corrected chi connectivity index (χ0v) is 14.3. The Kier molecular flexibility index (Phi) is 8.01. The molecule has 1 aliphatic rings. The van der Waals surface area contributed by atoms with Crippen LogP contribution in [-0.2, 0) is 6.54 Å². The first kappa shape index (κ1) is 18.2. The van der Waals surface area contributed by atoms with E-state index >= 15 is 0 Å². The van der Waals surface area contributed by atoms with Gasteiger partial charge in [-0.3, -0.25) is 4.90 Å². The number of hydrogen-bond donors (Lipinski definition) is 1. The molecule has 0 bridgehead atoms. The van der Waals surface area contributed by atoms with Crippen LogP contribution in [0.5, 0.6) is 0 Å². The first-order valence-corrected chi connectivity index (χ1v) is 7.77. The molecule has 1 aromatic rings. The van der Waals surface area contributed by atoms with Gasteiger partial charge in [0.2, 0.25) is 0 Å². The molecular weight excluding hydrogens is 284 g/mol. The van der Waals surface area contributed by atoms with Gasteiger partial charge in [-0.15, -0.1) is 12.4 Å². The molecule has 1 saturated heterocycles. The summed E-state index contributed by atoms with van der Waals surface area (Å²) >= 11 is 0. The van der Waals surface area contributed by atoms with Gasteiger partial charge >= 0.3 is 0 Å². The molecule has 2 heterocycles. The third-order valence-corrected chi connectivity index (χ3v) is 4.28. The van der Waals surface area contributed by atoms with Crippen molar-refractivity contribution in [1.82, 2.24) is 15.2 Å². The summed E-state index contributed by atoms with van der Waals surface area (Å²) in [6.07, 6.45) is 5.86. The monoisotopic (exact) mass is 312 g/mol. The Bertz CT molecular complexity index is 388. The van der Waals surface area contributed by atoms with Crippen LogP contribution in [-0.4, -0.2) is 49.7 Å². The van der Waals surface area contributed by atoms with Gasteiger partial charge in [-0.2, -0.15) is 0 Å². The highest BCUT2D eigenvalue weighted by atomic mass is 35.5. The third kappa shape index (κ3) is 5.46. The summed E-state index contributed by atoms with van der Waals surface area (Å²) in [4.78, 5) is 9.19. The highest BCUT2D eigenvalue weighted by Gasteiger charge is 2.16. The van der Waals surface area contributed by atoms with E-state index in [9.17, 15) is 0 Å². The number of nitrogens with one attached hydrogen (secondary N) is 1. The maximum atomic E-state index is 4.55. The molecule has 0 radical (unpaired) electrons. The van der Waals surface area contributed by atoms with Crippen molar-refractivity contribution in [3.05, 3.63) is 23.9 Å². The molecule has 2 rings (SSSR count). The molecule has 120 valence electrons. The molecule has 1 N–H and O–H groups in total. The molecule has 5 heteroatoms. The average Bonchev–Trinajstić information content (AvgIpc) is 2.76. The highest BCUT2D eigenvalue weighted by Crippen LogP contribution is 2.16. The molecular formula is C16H29ClN4. The molecule has 21 heavy (non-hydrogen) atoms. The van der Waals surface area contributed by atoms with E-state index in [4.69, 9.17) is 0 Å². The third-order valence-electron chi connectivity index (χ3n) is 4.28. The Labute approximate surface area is 135 Å². The summed E-state index contributed by atoms with van der Waals surface area (Å²) in [5.41, 5.74) is 1.30. The van der Waals surface area contributed by atoms with Gasteiger partial charge in [0.25, 0.3) is 0 Å². The second-order valence-corrected chi connectivity index (χ2v) is 5.79. The largest absolute Gasteiger partial charge is 0.360 e. The van der Waals surface area contributed by atoms with Crippen LogP contribution in [0.25, 0.3) is 0 Å². The Hall–Kier alpha value is -0.840. The van der Waals surface area contributed by atoms with E-state index in [-0.39, 0.29) is 12.4 Å². The lowest BCUT2D eigenvalue weighted by Gasteiger charge is -2.27. The molecule has 1 fully saturated rings. The van der Waals surface area contributed by atoms with Crippen molar-refractivity contribution >= 4 is 18.2 Å². The van der Waals surface area contributed by atoms with E-state index < -0.39 is 0 Å².